The molecule has 2 amide bonds. The van der Waals surface area contributed by atoms with Gasteiger partial charge in [-0.05, 0) is 37.4 Å². The lowest BCUT2D eigenvalue weighted by Crippen LogP contribution is -2.50. The van der Waals surface area contributed by atoms with Crippen LogP contribution in [-0.2, 0) is 4.79 Å². The average molecular weight is 358 g/mol. The summed E-state index contributed by atoms with van der Waals surface area (Å²) in [6.07, 6.45) is 1.69. The first-order valence-electron chi connectivity index (χ1n) is 7.93. The van der Waals surface area contributed by atoms with E-state index in [9.17, 15) is 9.59 Å². The molecular weight excluding hydrogens is 330 g/mol. The highest BCUT2D eigenvalue weighted by molar-refractivity contribution is 5.99. The standard InChI is InChI=1S/C17H27N3O3.ClH/c1-12(2)15(17(22)19-11-7-6-10-18)20-16(21)13-8-4-5-9-14(13)23-3;/h4-5,8-9,12,15H,6-7,10-11,18H2,1-3H3,(H,19,22)(H,20,21);1H. The van der Waals surface area contributed by atoms with Crippen molar-refractivity contribution in [3.8, 4) is 5.75 Å². The summed E-state index contributed by atoms with van der Waals surface area (Å²) in [6.45, 7) is 4.96. The van der Waals surface area contributed by atoms with Gasteiger partial charge >= 0.3 is 0 Å². The molecule has 1 atom stereocenters. The predicted octanol–water partition coefficient (Wildman–Crippen LogP) is 1.73. The van der Waals surface area contributed by atoms with E-state index < -0.39 is 6.04 Å². The maximum absolute atomic E-state index is 12.4. The second kappa shape index (κ2) is 11.7. The van der Waals surface area contributed by atoms with Gasteiger partial charge in [0.1, 0.15) is 11.8 Å². The number of carbonyl (C=O) groups excluding carboxylic acids is 2. The molecule has 1 aromatic carbocycles. The zero-order valence-corrected chi connectivity index (χ0v) is 15.3. The zero-order chi connectivity index (χ0) is 17.2. The number of carbonyl (C=O) groups is 2. The molecule has 7 heteroatoms. The van der Waals surface area contributed by atoms with Crippen LogP contribution in [-0.4, -0.2) is 38.1 Å². The first kappa shape index (κ1) is 22.2. The van der Waals surface area contributed by atoms with E-state index in [2.05, 4.69) is 10.6 Å². The lowest BCUT2D eigenvalue weighted by Gasteiger charge is -2.22. The van der Waals surface area contributed by atoms with Crippen LogP contribution in [0.1, 0.15) is 37.0 Å². The van der Waals surface area contributed by atoms with E-state index in [0.29, 0.717) is 24.4 Å². The number of nitrogens with one attached hydrogen (secondary N) is 2. The van der Waals surface area contributed by atoms with Crippen LogP contribution in [0.3, 0.4) is 0 Å². The maximum Gasteiger partial charge on any atom is 0.255 e. The van der Waals surface area contributed by atoms with Crippen molar-refractivity contribution < 1.29 is 14.3 Å². The lowest BCUT2D eigenvalue weighted by atomic mass is 10.0. The predicted molar refractivity (Wildman–Crippen MR) is 97.6 cm³/mol. The summed E-state index contributed by atoms with van der Waals surface area (Å²) in [4.78, 5) is 24.7. The van der Waals surface area contributed by atoms with Crippen molar-refractivity contribution in [3.05, 3.63) is 29.8 Å². The summed E-state index contributed by atoms with van der Waals surface area (Å²) in [7, 11) is 1.51. The second-order valence-corrected chi connectivity index (χ2v) is 5.68. The summed E-state index contributed by atoms with van der Waals surface area (Å²) < 4.78 is 5.19. The SMILES string of the molecule is COc1ccccc1C(=O)NC(C(=O)NCCCCN)C(C)C.Cl. The van der Waals surface area contributed by atoms with Crippen LogP contribution in [0, 0.1) is 5.92 Å². The van der Waals surface area contributed by atoms with Crippen molar-refractivity contribution in [1.29, 1.82) is 0 Å². The first-order chi connectivity index (χ1) is 11.0. The summed E-state index contributed by atoms with van der Waals surface area (Å²) >= 11 is 0. The fourth-order valence-electron chi connectivity index (χ4n) is 2.18. The molecule has 0 bridgehead atoms. The van der Waals surface area contributed by atoms with E-state index in [-0.39, 0.29) is 30.1 Å². The van der Waals surface area contributed by atoms with E-state index in [0.717, 1.165) is 12.8 Å². The van der Waals surface area contributed by atoms with Crippen molar-refractivity contribution in [3.63, 3.8) is 0 Å². The highest BCUT2D eigenvalue weighted by Gasteiger charge is 2.25. The summed E-state index contributed by atoms with van der Waals surface area (Å²) in [5.74, 6) is -0.0439. The molecule has 0 spiro atoms. The first-order valence-corrected chi connectivity index (χ1v) is 7.93. The second-order valence-electron chi connectivity index (χ2n) is 5.68. The molecule has 0 aromatic heterocycles. The molecule has 136 valence electrons. The Hall–Kier alpha value is -1.79. The highest BCUT2D eigenvalue weighted by Crippen LogP contribution is 2.17. The number of methoxy groups -OCH3 is 1. The quantitative estimate of drug-likeness (QED) is 0.587. The Kier molecular flexibility index (Phi) is 10.8. The highest BCUT2D eigenvalue weighted by atomic mass is 35.5. The molecule has 24 heavy (non-hydrogen) atoms. The van der Waals surface area contributed by atoms with Gasteiger partial charge in [-0.2, -0.15) is 0 Å². The summed E-state index contributed by atoms with van der Waals surface area (Å²) in [6, 6.07) is 6.34. The van der Waals surface area contributed by atoms with Gasteiger partial charge in [0.2, 0.25) is 5.91 Å². The third-order valence-electron chi connectivity index (χ3n) is 3.52. The average Bonchev–Trinajstić information content (AvgIpc) is 2.55. The van der Waals surface area contributed by atoms with Crippen molar-refractivity contribution in [1.82, 2.24) is 10.6 Å². The van der Waals surface area contributed by atoms with E-state index in [1.54, 1.807) is 24.3 Å². The van der Waals surface area contributed by atoms with Gasteiger partial charge in [0.05, 0.1) is 12.7 Å². The molecule has 4 N–H and O–H groups in total. The fourth-order valence-corrected chi connectivity index (χ4v) is 2.18. The molecule has 0 saturated carbocycles. The molecule has 1 rings (SSSR count). The number of nitrogens with two attached hydrogens (primary N) is 1. The number of benzene rings is 1. The Morgan fingerprint density at radius 3 is 2.46 bits per heavy atom. The zero-order valence-electron chi connectivity index (χ0n) is 14.5. The van der Waals surface area contributed by atoms with Crippen molar-refractivity contribution in [2.24, 2.45) is 11.7 Å². The number of rotatable bonds is 9. The van der Waals surface area contributed by atoms with Crippen LogP contribution < -0.4 is 21.1 Å². The van der Waals surface area contributed by atoms with Gasteiger partial charge in [-0.1, -0.05) is 26.0 Å². The van der Waals surface area contributed by atoms with Crippen LogP contribution in [0.25, 0.3) is 0 Å². The van der Waals surface area contributed by atoms with E-state index >= 15 is 0 Å². The van der Waals surface area contributed by atoms with Gasteiger partial charge in [-0.25, -0.2) is 0 Å². The third kappa shape index (κ3) is 6.76. The number of unbranched alkanes of at least 4 members (excludes halogenated alkanes) is 1. The summed E-state index contributed by atoms with van der Waals surface area (Å²) in [5.41, 5.74) is 5.84. The maximum atomic E-state index is 12.4. The smallest absolute Gasteiger partial charge is 0.255 e. The molecular formula is C17H28ClN3O3. The fraction of sp³-hybridized carbons (Fsp3) is 0.529. The largest absolute Gasteiger partial charge is 0.496 e. The number of ether oxygens (including phenoxy) is 1. The summed E-state index contributed by atoms with van der Waals surface area (Å²) in [5, 5.41) is 5.64. The monoisotopic (exact) mass is 357 g/mol. The minimum atomic E-state index is -0.592. The van der Waals surface area contributed by atoms with Crippen LogP contribution in [0.2, 0.25) is 0 Å². The van der Waals surface area contributed by atoms with Crippen molar-refractivity contribution in [2.45, 2.75) is 32.7 Å². The third-order valence-corrected chi connectivity index (χ3v) is 3.52. The van der Waals surface area contributed by atoms with Gasteiger partial charge in [-0.15, -0.1) is 12.4 Å². The molecule has 0 saturated heterocycles. The van der Waals surface area contributed by atoms with Gasteiger partial charge in [0, 0.05) is 6.54 Å². The van der Waals surface area contributed by atoms with Gasteiger partial charge in [0.25, 0.3) is 5.91 Å². The minimum Gasteiger partial charge on any atom is -0.496 e. The van der Waals surface area contributed by atoms with Crippen LogP contribution >= 0.6 is 12.4 Å². The Morgan fingerprint density at radius 1 is 1.21 bits per heavy atom. The molecule has 0 aliphatic rings. The topological polar surface area (TPSA) is 93.4 Å². The molecule has 1 aromatic rings. The van der Waals surface area contributed by atoms with E-state index in [1.165, 1.54) is 7.11 Å². The number of hydrogen-bond acceptors (Lipinski definition) is 4. The molecule has 0 heterocycles. The number of para-hydroxylation sites is 1. The minimum absolute atomic E-state index is 0. The normalized spacial score (nSPS) is 11.4. The van der Waals surface area contributed by atoms with Crippen molar-refractivity contribution in [2.75, 3.05) is 20.2 Å². The Labute approximate surface area is 149 Å². The molecule has 0 aliphatic heterocycles. The van der Waals surface area contributed by atoms with Crippen molar-refractivity contribution >= 4 is 24.2 Å². The van der Waals surface area contributed by atoms with Gasteiger partial charge in [-0.3, -0.25) is 9.59 Å². The Morgan fingerprint density at radius 2 is 1.88 bits per heavy atom. The van der Waals surface area contributed by atoms with E-state index in [1.807, 2.05) is 13.8 Å². The van der Waals surface area contributed by atoms with Crippen LogP contribution in [0.15, 0.2) is 24.3 Å². The lowest BCUT2D eigenvalue weighted by molar-refractivity contribution is -0.123. The molecule has 1 unspecified atom stereocenters. The molecule has 0 aliphatic carbocycles. The number of amides is 2. The molecule has 0 fully saturated rings. The van der Waals surface area contributed by atoms with Crippen LogP contribution in [0.4, 0.5) is 0 Å². The van der Waals surface area contributed by atoms with Crippen LogP contribution in [0.5, 0.6) is 5.75 Å². The van der Waals surface area contributed by atoms with E-state index in [4.69, 9.17) is 10.5 Å². The van der Waals surface area contributed by atoms with Gasteiger partial charge < -0.3 is 21.1 Å². The number of halogens is 1. The Balaban J connectivity index is 0.00000529. The Bertz CT molecular complexity index is 524. The molecule has 0 radical (unpaired) electrons. The number of hydrogen-bond donors (Lipinski definition) is 3. The van der Waals surface area contributed by atoms with Gasteiger partial charge in [0.15, 0.2) is 0 Å². The molecule has 6 nitrogen and oxygen atoms in total.